The predicted molar refractivity (Wildman–Crippen MR) is 68.7 cm³/mol. The smallest absolute Gasteiger partial charge is 0.337 e. The lowest BCUT2D eigenvalue weighted by Gasteiger charge is -2.08. The van der Waals surface area contributed by atoms with Gasteiger partial charge in [-0.2, -0.15) is 5.10 Å². The number of aromatic nitrogens is 2. The highest BCUT2D eigenvalue weighted by Gasteiger charge is 2.08. The van der Waals surface area contributed by atoms with Gasteiger partial charge in [-0.1, -0.05) is 11.6 Å². The SMILES string of the molecule is COC(=O)c1ccc(Cl)c(NCc2ccn[nH]2)c1. The van der Waals surface area contributed by atoms with Crippen molar-refractivity contribution >= 4 is 23.3 Å². The average Bonchev–Trinajstić information content (AvgIpc) is 2.90. The fourth-order valence-corrected chi connectivity index (χ4v) is 1.66. The molecular formula is C12H12ClN3O2. The Morgan fingerprint density at radius 2 is 2.33 bits per heavy atom. The van der Waals surface area contributed by atoms with Crippen molar-refractivity contribution in [3.8, 4) is 0 Å². The molecule has 1 heterocycles. The van der Waals surface area contributed by atoms with Crippen molar-refractivity contribution in [2.24, 2.45) is 0 Å². The van der Waals surface area contributed by atoms with E-state index >= 15 is 0 Å². The molecule has 0 aliphatic carbocycles. The number of carbonyl (C=O) groups is 1. The fraction of sp³-hybridized carbons (Fsp3) is 0.167. The fourth-order valence-electron chi connectivity index (χ4n) is 1.48. The second kappa shape index (κ2) is 5.55. The van der Waals surface area contributed by atoms with Crippen molar-refractivity contribution in [3.05, 3.63) is 46.7 Å². The van der Waals surface area contributed by atoms with Crippen LogP contribution in [0.15, 0.2) is 30.5 Å². The molecule has 0 bridgehead atoms. The molecule has 0 fully saturated rings. The molecule has 2 rings (SSSR count). The summed E-state index contributed by atoms with van der Waals surface area (Å²) in [4.78, 5) is 11.4. The zero-order chi connectivity index (χ0) is 13.0. The molecule has 0 aliphatic heterocycles. The van der Waals surface area contributed by atoms with Crippen LogP contribution in [0.5, 0.6) is 0 Å². The van der Waals surface area contributed by atoms with E-state index in [2.05, 4.69) is 20.3 Å². The molecule has 1 aromatic carbocycles. The second-order valence-electron chi connectivity index (χ2n) is 3.62. The van der Waals surface area contributed by atoms with Gasteiger partial charge in [-0.15, -0.1) is 0 Å². The Morgan fingerprint density at radius 1 is 1.50 bits per heavy atom. The summed E-state index contributed by atoms with van der Waals surface area (Å²) >= 11 is 6.04. The Labute approximate surface area is 109 Å². The first kappa shape index (κ1) is 12.4. The van der Waals surface area contributed by atoms with E-state index in [9.17, 15) is 4.79 Å². The molecule has 0 aliphatic rings. The first-order valence-corrected chi connectivity index (χ1v) is 5.68. The predicted octanol–water partition coefficient (Wildman–Crippen LogP) is 2.46. The number of nitrogens with zero attached hydrogens (tertiary/aromatic N) is 1. The first-order valence-electron chi connectivity index (χ1n) is 5.30. The van der Waals surface area contributed by atoms with Gasteiger partial charge in [0.25, 0.3) is 0 Å². The van der Waals surface area contributed by atoms with Crippen molar-refractivity contribution in [2.45, 2.75) is 6.54 Å². The second-order valence-corrected chi connectivity index (χ2v) is 4.03. The molecule has 0 amide bonds. The van der Waals surface area contributed by atoms with Crippen molar-refractivity contribution in [1.29, 1.82) is 0 Å². The zero-order valence-electron chi connectivity index (χ0n) is 9.74. The van der Waals surface area contributed by atoms with Crippen LogP contribution in [0.25, 0.3) is 0 Å². The number of halogens is 1. The molecule has 0 saturated carbocycles. The number of carbonyl (C=O) groups excluding carboxylic acids is 1. The quantitative estimate of drug-likeness (QED) is 0.834. The van der Waals surface area contributed by atoms with E-state index < -0.39 is 5.97 Å². The number of benzene rings is 1. The summed E-state index contributed by atoms with van der Waals surface area (Å²) in [5.41, 5.74) is 2.05. The van der Waals surface area contributed by atoms with Crippen LogP contribution in [0, 0.1) is 0 Å². The van der Waals surface area contributed by atoms with Gasteiger partial charge in [0.05, 0.1) is 35.6 Å². The van der Waals surface area contributed by atoms with Gasteiger partial charge >= 0.3 is 5.97 Å². The van der Waals surface area contributed by atoms with Crippen molar-refractivity contribution in [2.75, 3.05) is 12.4 Å². The van der Waals surface area contributed by atoms with Crippen LogP contribution >= 0.6 is 11.6 Å². The van der Waals surface area contributed by atoms with E-state index in [1.165, 1.54) is 7.11 Å². The molecule has 94 valence electrons. The van der Waals surface area contributed by atoms with Crippen LogP contribution in [0.3, 0.4) is 0 Å². The molecule has 0 saturated heterocycles. The van der Waals surface area contributed by atoms with E-state index in [4.69, 9.17) is 11.6 Å². The number of ether oxygens (including phenoxy) is 1. The zero-order valence-corrected chi connectivity index (χ0v) is 10.5. The van der Waals surface area contributed by atoms with Gasteiger partial charge in [-0.3, -0.25) is 5.10 Å². The highest BCUT2D eigenvalue weighted by atomic mass is 35.5. The number of hydrogen-bond acceptors (Lipinski definition) is 4. The summed E-state index contributed by atoms with van der Waals surface area (Å²) in [7, 11) is 1.34. The van der Waals surface area contributed by atoms with Crippen molar-refractivity contribution in [3.63, 3.8) is 0 Å². The average molecular weight is 266 g/mol. The maximum Gasteiger partial charge on any atom is 0.337 e. The molecule has 0 radical (unpaired) electrons. The maximum absolute atomic E-state index is 11.4. The third kappa shape index (κ3) is 2.81. The summed E-state index contributed by atoms with van der Waals surface area (Å²) < 4.78 is 4.66. The summed E-state index contributed by atoms with van der Waals surface area (Å²) in [6.07, 6.45) is 1.67. The molecule has 0 atom stereocenters. The number of hydrogen-bond donors (Lipinski definition) is 2. The number of methoxy groups -OCH3 is 1. The number of rotatable bonds is 4. The molecule has 5 nitrogen and oxygen atoms in total. The van der Waals surface area contributed by atoms with Gasteiger partial charge in [0, 0.05) is 6.20 Å². The lowest BCUT2D eigenvalue weighted by atomic mass is 10.2. The van der Waals surface area contributed by atoms with Crippen LogP contribution in [0.1, 0.15) is 16.1 Å². The Morgan fingerprint density at radius 3 is 3.00 bits per heavy atom. The lowest BCUT2D eigenvalue weighted by molar-refractivity contribution is 0.0601. The normalized spacial score (nSPS) is 10.1. The Bertz CT molecular complexity index is 540. The van der Waals surface area contributed by atoms with E-state index in [1.807, 2.05) is 6.07 Å². The molecule has 0 spiro atoms. The van der Waals surface area contributed by atoms with Crippen LogP contribution in [0.4, 0.5) is 5.69 Å². The highest BCUT2D eigenvalue weighted by molar-refractivity contribution is 6.33. The van der Waals surface area contributed by atoms with Gasteiger partial charge in [0.1, 0.15) is 0 Å². The molecule has 6 heteroatoms. The Balaban J connectivity index is 2.13. The molecule has 1 aromatic heterocycles. The summed E-state index contributed by atoms with van der Waals surface area (Å²) in [5.74, 6) is -0.392. The van der Waals surface area contributed by atoms with E-state index in [1.54, 1.807) is 24.4 Å². The largest absolute Gasteiger partial charge is 0.465 e. The first-order chi connectivity index (χ1) is 8.70. The minimum absolute atomic E-state index is 0.392. The minimum Gasteiger partial charge on any atom is -0.465 e. The van der Waals surface area contributed by atoms with Crippen molar-refractivity contribution < 1.29 is 9.53 Å². The van der Waals surface area contributed by atoms with Crippen molar-refractivity contribution in [1.82, 2.24) is 10.2 Å². The highest BCUT2D eigenvalue weighted by Crippen LogP contribution is 2.23. The standard InChI is InChI=1S/C12H12ClN3O2/c1-18-12(17)8-2-3-10(13)11(6-8)14-7-9-4-5-15-16-9/h2-6,14H,7H2,1H3,(H,15,16). The Kier molecular flexibility index (Phi) is 3.84. The number of aromatic amines is 1. The summed E-state index contributed by atoms with van der Waals surface area (Å²) in [5, 5.41) is 10.3. The number of H-pyrrole nitrogens is 1. The van der Waals surface area contributed by atoms with Gasteiger partial charge in [0.2, 0.25) is 0 Å². The van der Waals surface area contributed by atoms with Crippen LogP contribution in [0.2, 0.25) is 5.02 Å². The third-order valence-electron chi connectivity index (χ3n) is 2.42. The summed E-state index contributed by atoms with van der Waals surface area (Å²) in [6, 6.07) is 6.79. The van der Waals surface area contributed by atoms with Crippen LogP contribution < -0.4 is 5.32 Å². The molecule has 2 N–H and O–H groups in total. The topological polar surface area (TPSA) is 67.0 Å². The molecule has 18 heavy (non-hydrogen) atoms. The van der Waals surface area contributed by atoms with E-state index in [0.717, 1.165) is 5.69 Å². The van der Waals surface area contributed by atoms with Gasteiger partial charge in [-0.05, 0) is 24.3 Å². The minimum atomic E-state index is -0.392. The van der Waals surface area contributed by atoms with Gasteiger partial charge in [0.15, 0.2) is 0 Å². The summed E-state index contributed by atoms with van der Waals surface area (Å²) in [6.45, 7) is 0.546. The Hall–Kier alpha value is -2.01. The number of nitrogens with one attached hydrogen (secondary N) is 2. The third-order valence-corrected chi connectivity index (χ3v) is 2.74. The molecule has 2 aromatic rings. The number of anilines is 1. The monoisotopic (exact) mass is 265 g/mol. The number of esters is 1. The van der Waals surface area contributed by atoms with Crippen LogP contribution in [-0.2, 0) is 11.3 Å². The van der Waals surface area contributed by atoms with Crippen LogP contribution in [-0.4, -0.2) is 23.3 Å². The maximum atomic E-state index is 11.4. The molecule has 0 unspecified atom stereocenters. The van der Waals surface area contributed by atoms with E-state index in [0.29, 0.717) is 22.8 Å². The van der Waals surface area contributed by atoms with E-state index in [-0.39, 0.29) is 0 Å². The lowest BCUT2D eigenvalue weighted by Crippen LogP contribution is -2.04. The molecular weight excluding hydrogens is 254 g/mol. The van der Waals surface area contributed by atoms with Gasteiger partial charge < -0.3 is 10.1 Å². The van der Waals surface area contributed by atoms with Gasteiger partial charge in [-0.25, -0.2) is 4.79 Å².